The fourth-order valence-corrected chi connectivity index (χ4v) is 1.91. The first-order valence-corrected chi connectivity index (χ1v) is 4.78. The van der Waals surface area contributed by atoms with E-state index in [1.165, 1.54) is 12.0 Å². The van der Waals surface area contributed by atoms with Crippen molar-refractivity contribution >= 4 is 0 Å². The summed E-state index contributed by atoms with van der Waals surface area (Å²) >= 11 is 0. The smallest absolute Gasteiger partial charge is 0.0935 e. The standard InChI is InChI=1S/C10H16N2O/c1-7-4-9(7)10(12-11)5-8-2-3-13-6-8/h2-3,6-7,9-10,12H,4-5,11H2,1H3. The summed E-state index contributed by atoms with van der Waals surface area (Å²) in [6.45, 7) is 2.27. The average molecular weight is 180 g/mol. The molecule has 3 atom stereocenters. The maximum Gasteiger partial charge on any atom is 0.0935 e. The van der Waals surface area contributed by atoms with Gasteiger partial charge in [0, 0.05) is 6.04 Å². The molecule has 3 N–H and O–H groups in total. The lowest BCUT2D eigenvalue weighted by atomic mass is 10.0. The number of nitrogens with one attached hydrogen (secondary N) is 1. The van der Waals surface area contributed by atoms with Crippen molar-refractivity contribution in [1.29, 1.82) is 0 Å². The van der Waals surface area contributed by atoms with Crippen molar-refractivity contribution in [1.82, 2.24) is 5.43 Å². The van der Waals surface area contributed by atoms with Gasteiger partial charge in [-0.05, 0) is 36.3 Å². The summed E-state index contributed by atoms with van der Waals surface area (Å²) < 4.78 is 5.02. The van der Waals surface area contributed by atoms with Gasteiger partial charge in [0.25, 0.3) is 0 Å². The highest BCUT2D eigenvalue weighted by atomic mass is 16.3. The SMILES string of the molecule is CC1CC1C(Cc1ccoc1)NN. The quantitative estimate of drug-likeness (QED) is 0.542. The van der Waals surface area contributed by atoms with Crippen LogP contribution in [0.1, 0.15) is 18.9 Å². The summed E-state index contributed by atoms with van der Waals surface area (Å²) in [5, 5.41) is 0. The molecular formula is C10H16N2O. The van der Waals surface area contributed by atoms with Crippen LogP contribution in [0.2, 0.25) is 0 Å². The number of rotatable bonds is 4. The highest BCUT2D eigenvalue weighted by Crippen LogP contribution is 2.41. The van der Waals surface area contributed by atoms with Crippen LogP contribution in [0.5, 0.6) is 0 Å². The van der Waals surface area contributed by atoms with Gasteiger partial charge in [-0.3, -0.25) is 11.3 Å². The minimum absolute atomic E-state index is 0.410. The molecule has 72 valence electrons. The highest BCUT2D eigenvalue weighted by molar-refractivity contribution is 5.09. The molecular weight excluding hydrogens is 164 g/mol. The lowest BCUT2D eigenvalue weighted by Crippen LogP contribution is -2.38. The van der Waals surface area contributed by atoms with Gasteiger partial charge in [0.15, 0.2) is 0 Å². The van der Waals surface area contributed by atoms with E-state index in [-0.39, 0.29) is 0 Å². The molecule has 3 unspecified atom stereocenters. The third kappa shape index (κ3) is 1.92. The summed E-state index contributed by atoms with van der Waals surface area (Å²) in [7, 11) is 0. The topological polar surface area (TPSA) is 51.2 Å². The van der Waals surface area contributed by atoms with Gasteiger partial charge in [0.1, 0.15) is 0 Å². The van der Waals surface area contributed by atoms with E-state index in [0.29, 0.717) is 6.04 Å². The molecule has 0 radical (unpaired) electrons. The van der Waals surface area contributed by atoms with Crippen molar-refractivity contribution in [3.8, 4) is 0 Å². The Labute approximate surface area is 78.3 Å². The van der Waals surface area contributed by atoms with E-state index >= 15 is 0 Å². The molecule has 0 aromatic carbocycles. The molecule has 13 heavy (non-hydrogen) atoms. The average Bonchev–Trinajstić information content (AvgIpc) is 2.68. The molecule has 1 fully saturated rings. The second-order valence-corrected chi connectivity index (χ2v) is 3.99. The molecule has 3 heteroatoms. The van der Waals surface area contributed by atoms with Gasteiger partial charge in [-0.25, -0.2) is 0 Å². The molecule has 1 saturated carbocycles. The molecule has 1 aromatic heterocycles. The van der Waals surface area contributed by atoms with E-state index in [1.807, 2.05) is 6.07 Å². The molecule has 2 rings (SSSR count). The van der Waals surface area contributed by atoms with Crippen LogP contribution in [-0.4, -0.2) is 6.04 Å². The Bertz CT molecular complexity index is 258. The van der Waals surface area contributed by atoms with Crippen molar-refractivity contribution in [2.24, 2.45) is 17.7 Å². The van der Waals surface area contributed by atoms with Crippen LogP contribution in [0.25, 0.3) is 0 Å². The Hall–Kier alpha value is -0.800. The number of hydrogen-bond acceptors (Lipinski definition) is 3. The number of nitrogens with two attached hydrogens (primary N) is 1. The number of hydrogen-bond donors (Lipinski definition) is 2. The molecule has 0 spiro atoms. The summed E-state index contributed by atoms with van der Waals surface area (Å²) in [4.78, 5) is 0. The van der Waals surface area contributed by atoms with Crippen molar-refractivity contribution in [3.05, 3.63) is 24.2 Å². The fourth-order valence-electron chi connectivity index (χ4n) is 1.91. The van der Waals surface area contributed by atoms with Crippen LogP contribution in [0, 0.1) is 11.8 Å². The molecule has 1 heterocycles. The Morgan fingerprint density at radius 3 is 3.00 bits per heavy atom. The van der Waals surface area contributed by atoms with E-state index in [2.05, 4.69) is 12.3 Å². The normalized spacial score (nSPS) is 28.8. The minimum atomic E-state index is 0.410. The van der Waals surface area contributed by atoms with E-state index in [1.54, 1.807) is 12.5 Å². The lowest BCUT2D eigenvalue weighted by Gasteiger charge is -2.13. The molecule has 0 saturated heterocycles. The highest BCUT2D eigenvalue weighted by Gasteiger charge is 2.38. The van der Waals surface area contributed by atoms with E-state index in [4.69, 9.17) is 10.3 Å². The first-order chi connectivity index (χ1) is 6.31. The predicted octanol–water partition coefficient (Wildman–Crippen LogP) is 1.31. The van der Waals surface area contributed by atoms with Gasteiger partial charge in [0.2, 0.25) is 0 Å². The summed E-state index contributed by atoms with van der Waals surface area (Å²) in [5.74, 6) is 7.09. The maximum absolute atomic E-state index is 5.51. The Morgan fingerprint density at radius 2 is 2.54 bits per heavy atom. The van der Waals surface area contributed by atoms with Gasteiger partial charge in [-0.1, -0.05) is 6.92 Å². The fraction of sp³-hybridized carbons (Fsp3) is 0.600. The Morgan fingerprint density at radius 1 is 1.77 bits per heavy atom. The van der Waals surface area contributed by atoms with Crippen LogP contribution in [0.4, 0.5) is 0 Å². The van der Waals surface area contributed by atoms with Crippen LogP contribution in [-0.2, 0) is 6.42 Å². The maximum atomic E-state index is 5.51. The molecule has 0 aliphatic heterocycles. The Kier molecular flexibility index (Phi) is 2.38. The zero-order valence-electron chi connectivity index (χ0n) is 7.86. The van der Waals surface area contributed by atoms with Crippen LogP contribution in [0.15, 0.2) is 23.0 Å². The van der Waals surface area contributed by atoms with Crippen molar-refractivity contribution < 1.29 is 4.42 Å². The first kappa shape index (κ1) is 8.78. The van der Waals surface area contributed by atoms with Crippen LogP contribution in [0.3, 0.4) is 0 Å². The molecule has 3 nitrogen and oxygen atoms in total. The van der Waals surface area contributed by atoms with E-state index in [9.17, 15) is 0 Å². The number of hydrazine groups is 1. The molecule has 1 aliphatic carbocycles. The van der Waals surface area contributed by atoms with Gasteiger partial charge < -0.3 is 4.42 Å². The summed E-state index contributed by atoms with van der Waals surface area (Å²) in [6.07, 6.45) is 5.77. The third-order valence-corrected chi connectivity index (χ3v) is 2.94. The summed E-state index contributed by atoms with van der Waals surface area (Å²) in [5.41, 5.74) is 4.12. The Balaban J connectivity index is 1.91. The zero-order chi connectivity index (χ0) is 9.26. The molecule has 0 bridgehead atoms. The number of furan rings is 1. The van der Waals surface area contributed by atoms with Crippen molar-refractivity contribution in [3.63, 3.8) is 0 Å². The predicted molar refractivity (Wildman–Crippen MR) is 50.8 cm³/mol. The molecule has 0 amide bonds. The largest absolute Gasteiger partial charge is 0.472 e. The van der Waals surface area contributed by atoms with Gasteiger partial charge in [-0.15, -0.1) is 0 Å². The minimum Gasteiger partial charge on any atom is -0.472 e. The second-order valence-electron chi connectivity index (χ2n) is 3.99. The first-order valence-electron chi connectivity index (χ1n) is 4.78. The van der Waals surface area contributed by atoms with Crippen LogP contribution >= 0.6 is 0 Å². The monoisotopic (exact) mass is 180 g/mol. The summed E-state index contributed by atoms with van der Waals surface area (Å²) in [6, 6.07) is 2.41. The van der Waals surface area contributed by atoms with Gasteiger partial charge in [0.05, 0.1) is 12.5 Å². The second kappa shape index (κ2) is 3.52. The van der Waals surface area contributed by atoms with E-state index in [0.717, 1.165) is 18.3 Å². The van der Waals surface area contributed by atoms with Gasteiger partial charge >= 0.3 is 0 Å². The van der Waals surface area contributed by atoms with Crippen molar-refractivity contribution in [2.45, 2.75) is 25.8 Å². The third-order valence-electron chi connectivity index (χ3n) is 2.94. The van der Waals surface area contributed by atoms with Crippen LogP contribution < -0.4 is 11.3 Å². The zero-order valence-corrected chi connectivity index (χ0v) is 7.86. The van der Waals surface area contributed by atoms with Gasteiger partial charge in [-0.2, -0.15) is 0 Å². The van der Waals surface area contributed by atoms with Crippen molar-refractivity contribution in [2.75, 3.05) is 0 Å². The lowest BCUT2D eigenvalue weighted by molar-refractivity contribution is 0.451. The molecule has 1 aromatic rings. The van der Waals surface area contributed by atoms with E-state index < -0.39 is 0 Å². The molecule has 1 aliphatic rings.